The minimum Gasteiger partial charge on any atom is -0.458 e. The van der Waals surface area contributed by atoms with Crippen LogP contribution in [-0.4, -0.2) is 59.3 Å². The van der Waals surface area contributed by atoms with Crippen LogP contribution < -0.4 is 0 Å². The maximum absolute atomic E-state index is 12.2. The summed E-state index contributed by atoms with van der Waals surface area (Å²) in [5.74, 6) is -1.77. The van der Waals surface area contributed by atoms with E-state index in [4.69, 9.17) is 19.3 Å². The summed E-state index contributed by atoms with van der Waals surface area (Å²) in [6.45, 7) is 9.37. The van der Waals surface area contributed by atoms with E-state index in [1.165, 1.54) is 0 Å². The molecular formula is C19H24O7. The van der Waals surface area contributed by atoms with Crippen molar-refractivity contribution in [2.45, 2.75) is 50.1 Å². The van der Waals surface area contributed by atoms with Crippen molar-refractivity contribution in [2.24, 2.45) is 17.3 Å². The molecule has 26 heavy (non-hydrogen) atoms. The number of carbonyl (C=O) groups excluding carboxylic acids is 2. The van der Waals surface area contributed by atoms with E-state index in [9.17, 15) is 14.7 Å². The number of carbonyl (C=O) groups is 2. The quantitative estimate of drug-likeness (QED) is 0.427. The van der Waals surface area contributed by atoms with Crippen LogP contribution in [0.2, 0.25) is 0 Å². The monoisotopic (exact) mass is 364 g/mol. The topological polar surface area (TPSA) is 106 Å². The molecule has 0 amide bonds. The summed E-state index contributed by atoms with van der Waals surface area (Å²) >= 11 is 0. The summed E-state index contributed by atoms with van der Waals surface area (Å²) in [6.07, 6.45) is -0.217. The van der Waals surface area contributed by atoms with Gasteiger partial charge in [0.05, 0.1) is 36.4 Å². The Morgan fingerprint density at radius 3 is 2.77 bits per heavy atom. The highest BCUT2D eigenvalue weighted by Gasteiger charge is 2.72. The Bertz CT molecular complexity index is 694. The molecule has 4 fully saturated rings. The zero-order chi connectivity index (χ0) is 18.9. The first kappa shape index (κ1) is 17.7. The first-order chi connectivity index (χ1) is 12.2. The maximum Gasteiger partial charge on any atom is 0.336 e. The lowest BCUT2D eigenvalue weighted by Gasteiger charge is -2.56. The van der Waals surface area contributed by atoms with Crippen molar-refractivity contribution >= 4 is 11.9 Å². The molecule has 0 aromatic heterocycles. The van der Waals surface area contributed by atoms with Crippen molar-refractivity contribution in [3.8, 4) is 0 Å². The lowest BCUT2D eigenvalue weighted by molar-refractivity contribution is -0.202. The highest BCUT2D eigenvalue weighted by molar-refractivity contribution is 5.91. The number of hydrogen-bond acceptors (Lipinski definition) is 7. The molecule has 2 saturated carbocycles. The van der Waals surface area contributed by atoms with Crippen LogP contribution in [0.5, 0.6) is 0 Å². The van der Waals surface area contributed by atoms with E-state index in [0.717, 1.165) is 0 Å². The van der Waals surface area contributed by atoms with Gasteiger partial charge in [0, 0.05) is 16.9 Å². The molecule has 0 bridgehead atoms. The summed E-state index contributed by atoms with van der Waals surface area (Å²) in [6, 6.07) is 0. The summed E-state index contributed by atoms with van der Waals surface area (Å²) < 4.78 is 17.1. The number of esters is 2. The molecule has 2 aliphatic heterocycles. The van der Waals surface area contributed by atoms with Gasteiger partial charge in [-0.2, -0.15) is 0 Å². The minimum atomic E-state index is -0.809. The van der Waals surface area contributed by atoms with Gasteiger partial charge in [0.1, 0.15) is 12.2 Å². The molecule has 4 rings (SSSR count). The lowest BCUT2D eigenvalue weighted by atomic mass is 9.51. The lowest BCUT2D eigenvalue weighted by Crippen LogP contribution is -2.63. The van der Waals surface area contributed by atoms with Gasteiger partial charge in [0.2, 0.25) is 0 Å². The molecule has 7 unspecified atom stereocenters. The van der Waals surface area contributed by atoms with Crippen LogP contribution in [0.4, 0.5) is 0 Å². The van der Waals surface area contributed by atoms with Crippen LogP contribution >= 0.6 is 0 Å². The largest absolute Gasteiger partial charge is 0.458 e. The fraction of sp³-hybridized carbons (Fsp3) is 0.684. The number of aliphatic hydroxyl groups excluding tert-OH is 2. The van der Waals surface area contributed by atoms with Gasteiger partial charge in [-0.1, -0.05) is 20.1 Å². The van der Waals surface area contributed by atoms with Crippen LogP contribution in [0.1, 0.15) is 26.2 Å². The summed E-state index contributed by atoms with van der Waals surface area (Å²) in [5.41, 5.74) is -0.734. The molecule has 7 nitrogen and oxygen atoms in total. The predicted octanol–water partition coefficient (Wildman–Crippen LogP) is 0.494. The van der Waals surface area contributed by atoms with E-state index < -0.39 is 53.8 Å². The second kappa shape index (κ2) is 5.65. The van der Waals surface area contributed by atoms with Crippen LogP contribution in [0.3, 0.4) is 0 Å². The molecule has 0 aromatic rings. The first-order valence-corrected chi connectivity index (χ1v) is 8.95. The number of rotatable bonds is 3. The van der Waals surface area contributed by atoms with E-state index in [-0.39, 0.29) is 11.5 Å². The Morgan fingerprint density at radius 2 is 2.15 bits per heavy atom. The fourth-order valence-corrected chi connectivity index (χ4v) is 5.39. The molecular weight excluding hydrogens is 340 g/mol. The third-order valence-corrected chi connectivity index (χ3v) is 6.74. The third-order valence-electron chi connectivity index (χ3n) is 6.74. The highest BCUT2D eigenvalue weighted by atomic mass is 16.6. The zero-order valence-corrected chi connectivity index (χ0v) is 14.8. The SMILES string of the molecule is C=C(CO)C(=O)OC1CCC2(CO2)C2C3OC(=O)C(=C)C3C(O)CC12C. The molecule has 7 heteroatoms. The predicted molar refractivity (Wildman–Crippen MR) is 88.8 cm³/mol. The molecule has 142 valence electrons. The first-order valence-electron chi connectivity index (χ1n) is 8.95. The average molecular weight is 364 g/mol. The van der Waals surface area contributed by atoms with Crippen molar-refractivity contribution in [3.63, 3.8) is 0 Å². The highest BCUT2D eigenvalue weighted by Crippen LogP contribution is 2.63. The maximum atomic E-state index is 12.2. The van der Waals surface area contributed by atoms with Crippen molar-refractivity contribution in [1.82, 2.24) is 0 Å². The fourth-order valence-electron chi connectivity index (χ4n) is 5.39. The average Bonchev–Trinajstić information content (AvgIpc) is 3.29. The van der Waals surface area contributed by atoms with Gasteiger partial charge < -0.3 is 24.4 Å². The van der Waals surface area contributed by atoms with E-state index >= 15 is 0 Å². The number of aliphatic hydroxyl groups is 2. The van der Waals surface area contributed by atoms with Crippen molar-refractivity contribution < 1.29 is 34.0 Å². The van der Waals surface area contributed by atoms with E-state index in [2.05, 4.69) is 13.2 Å². The van der Waals surface area contributed by atoms with Crippen molar-refractivity contribution in [3.05, 3.63) is 24.3 Å². The number of ether oxygens (including phenoxy) is 3. The normalized spacial score (nSPS) is 46.3. The Labute approximate surface area is 151 Å². The summed E-state index contributed by atoms with van der Waals surface area (Å²) in [5, 5.41) is 19.9. The second-order valence-electron chi connectivity index (χ2n) is 8.22. The molecule has 2 saturated heterocycles. The van der Waals surface area contributed by atoms with Gasteiger partial charge in [0.15, 0.2) is 0 Å². The Balaban J connectivity index is 1.69. The van der Waals surface area contributed by atoms with Gasteiger partial charge in [-0.05, 0) is 19.3 Å². The van der Waals surface area contributed by atoms with Crippen LogP contribution in [-0.2, 0) is 23.8 Å². The van der Waals surface area contributed by atoms with Crippen LogP contribution in [0, 0.1) is 17.3 Å². The Kier molecular flexibility index (Phi) is 3.84. The van der Waals surface area contributed by atoms with Gasteiger partial charge in [0.25, 0.3) is 0 Å². The molecule has 0 radical (unpaired) electrons. The van der Waals surface area contributed by atoms with Crippen LogP contribution in [0.15, 0.2) is 24.3 Å². The van der Waals surface area contributed by atoms with Crippen molar-refractivity contribution in [2.75, 3.05) is 13.2 Å². The molecule has 7 atom stereocenters. The molecule has 2 heterocycles. The summed E-state index contributed by atoms with van der Waals surface area (Å²) in [4.78, 5) is 24.3. The standard InChI is InChI=1S/C19H24O7/c1-9(7-20)16(22)25-12-4-5-19(8-24-19)15-14-13(10(2)17(23)26-14)11(21)6-18(12,15)3/h11-15,20-21H,1-2,4-8H2,3H3. The molecule has 0 aromatic carbocycles. The van der Waals surface area contributed by atoms with E-state index in [1.807, 2.05) is 6.92 Å². The zero-order valence-electron chi connectivity index (χ0n) is 14.8. The van der Waals surface area contributed by atoms with Crippen molar-refractivity contribution in [1.29, 1.82) is 0 Å². The molecule has 2 aliphatic carbocycles. The van der Waals surface area contributed by atoms with E-state index in [1.54, 1.807) is 0 Å². The number of epoxide rings is 1. The third kappa shape index (κ3) is 2.30. The number of fused-ring (bicyclic) bond motifs is 4. The van der Waals surface area contributed by atoms with E-state index in [0.29, 0.717) is 31.4 Å². The molecule has 4 aliphatic rings. The van der Waals surface area contributed by atoms with Gasteiger partial charge >= 0.3 is 11.9 Å². The summed E-state index contributed by atoms with van der Waals surface area (Å²) in [7, 11) is 0. The molecule has 1 spiro atoms. The minimum absolute atomic E-state index is 0.0111. The van der Waals surface area contributed by atoms with Gasteiger partial charge in [-0.15, -0.1) is 0 Å². The Hall–Kier alpha value is -1.70. The number of hydrogen-bond donors (Lipinski definition) is 2. The second-order valence-corrected chi connectivity index (χ2v) is 8.22. The van der Waals surface area contributed by atoms with Crippen LogP contribution in [0.25, 0.3) is 0 Å². The Morgan fingerprint density at radius 1 is 1.46 bits per heavy atom. The van der Waals surface area contributed by atoms with Gasteiger partial charge in [-0.3, -0.25) is 0 Å². The molecule has 2 N–H and O–H groups in total. The smallest absolute Gasteiger partial charge is 0.336 e. The van der Waals surface area contributed by atoms with Gasteiger partial charge in [-0.25, -0.2) is 9.59 Å².